The fourth-order valence-electron chi connectivity index (χ4n) is 2.05. The SMILES string of the molecule is O=Cc1cn(C(=O)c2cccs2)c2cccc(Br)c12. The summed E-state index contributed by atoms with van der Waals surface area (Å²) in [7, 11) is 0. The molecule has 0 saturated carbocycles. The van der Waals surface area contributed by atoms with Gasteiger partial charge in [-0.15, -0.1) is 11.3 Å². The number of aldehydes is 1. The van der Waals surface area contributed by atoms with Crippen molar-refractivity contribution in [1.29, 1.82) is 0 Å². The van der Waals surface area contributed by atoms with Crippen LogP contribution in [0.4, 0.5) is 0 Å². The van der Waals surface area contributed by atoms with Crippen molar-refractivity contribution in [1.82, 2.24) is 4.57 Å². The molecule has 1 aromatic carbocycles. The number of carbonyl (C=O) groups excluding carboxylic acids is 2. The zero-order valence-corrected chi connectivity index (χ0v) is 12.1. The molecule has 94 valence electrons. The summed E-state index contributed by atoms with van der Waals surface area (Å²) < 4.78 is 2.33. The van der Waals surface area contributed by atoms with Crippen LogP contribution in [0.15, 0.2) is 46.4 Å². The Kier molecular flexibility index (Phi) is 3.08. The van der Waals surface area contributed by atoms with E-state index in [1.807, 2.05) is 29.6 Å². The number of rotatable bonds is 2. The summed E-state index contributed by atoms with van der Waals surface area (Å²) in [6.07, 6.45) is 2.36. The van der Waals surface area contributed by atoms with Gasteiger partial charge in [0.1, 0.15) is 0 Å². The second kappa shape index (κ2) is 4.75. The molecule has 0 aliphatic heterocycles. The fraction of sp³-hybridized carbons (Fsp3) is 0. The van der Waals surface area contributed by atoms with Crippen LogP contribution in [-0.4, -0.2) is 16.8 Å². The van der Waals surface area contributed by atoms with E-state index in [9.17, 15) is 9.59 Å². The van der Waals surface area contributed by atoms with E-state index in [1.54, 1.807) is 12.3 Å². The van der Waals surface area contributed by atoms with Crippen LogP contribution in [0.25, 0.3) is 10.9 Å². The van der Waals surface area contributed by atoms with Crippen LogP contribution >= 0.6 is 27.3 Å². The van der Waals surface area contributed by atoms with Gasteiger partial charge in [-0.3, -0.25) is 14.2 Å². The molecule has 0 fully saturated rings. The first-order valence-corrected chi connectivity index (χ1v) is 7.22. The number of thiophene rings is 1. The number of carbonyl (C=O) groups is 2. The van der Waals surface area contributed by atoms with Gasteiger partial charge in [0, 0.05) is 21.6 Å². The van der Waals surface area contributed by atoms with Crippen LogP contribution in [0.5, 0.6) is 0 Å². The standard InChI is InChI=1S/C14H8BrNO2S/c15-10-3-1-4-11-13(10)9(8-17)7-16(11)14(18)12-5-2-6-19-12/h1-8H. The molecule has 3 nitrogen and oxygen atoms in total. The maximum absolute atomic E-state index is 12.4. The van der Waals surface area contributed by atoms with Gasteiger partial charge in [0.15, 0.2) is 6.29 Å². The second-order valence-corrected chi connectivity index (χ2v) is 5.79. The summed E-state index contributed by atoms with van der Waals surface area (Å²) in [6, 6.07) is 9.14. The fourth-order valence-corrected chi connectivity index (χ4v) is 3.29. The van der Waals surface area contributed by atoms with E-state index >= 15 is 0 Å². The average molecular weight is 334 g/mol. The van der Waals surface area contributed by atoms with E-state index in [2.05, 4.69) is 15.9 Å². The van der Waals surface area contributed by atoms with Crippen LogP contribution in [0.1, 0.15) is 20.0 Å². The number of fused-ring (bicyclic) bond motifs is 1. The lowest BCUT2D eigenvalue weighted by Gasteiger charge is -2.02. The summed E-state index contributed by atoms with van der Waals surface area (Å²) in [4.78, 5) is 24.2. The lowest BCUT2D eigenvalue weighted by atomic mass is 10.2. The largest absolute Gasteiger partial charge is 0.298 e. The molecule has 0 aliphatic carbocycles. The van der Waals surface area contributed by atoms with E-state index in [-0.39, 0.29) is 5.91 Å². The Morgan fingerprint density at radius 1 is 1.26 bits per heavy atom. The van der Waals surface area contributed by atoms with Crippen molar-refractivity contribution in [2.45, 2.75) is 0 Å². The van der Waals surface area contributed by atoms with Gasteiger partial charge in [-0.05, 0) is 23.6 Å². The van der Waals surface area contributed by atoms with Crippen molar-refractivity contribution in [3.05, 3.63) is 56.8 Å². The number of aromatic nitrogens is 1. The Balaban J connectivity index is 2.28. The van der Waals surface area contributed by atoms with Crippen LogP contribution in [-0.2, 0) is 0 Å². The van der Waals surface area contributed by atoms with Gasteiger partial charge in [0.25, 0.3) is 5.91 Å². The van der Waals surface area contributed by atoms with Crippen molar-refractivity contribution in [3.63, 3.8) is 0 Å². The van der Waals surface area contributed by atoms with Gasteiger partial charge < -0.3 is 0 Å². The Morgan fingerprint density at radius 3 is 2.79 bits per heavy atom. The number of hydrogen-bond acceptors (Lipinski definition) is 3. The minimum Gasteiger partial charge on any atom is -0.298 e. The quantitative estimate of drug-likeness (QED) is 0.665. The lowest BCUT2D eigenvalue weighted by molar-refractivity contribution is 0.0969. The molecular formula is C14H8BrNO2S. The van der Waals surface area contributed by atoms with Crippen molar-refractivity contribution in [3.8, 4) is 0 Å². The maximum Gasteiger partial charge on any atom is 0.272 e. The molecule has 3 rings (SSSR count). The highest BCUT2D eigenvalue weighted by molar-refractivity contribution is 9.10. The molecule has 2 aromatic heterocycles. The average Bonchev–Trinajstić information content (AvgIpc) is 3.06. The number of nitrogens with zero attached hydrogens (tertiary/aromatic N) is 1. The molecule has 0 amide bonds. The van der Waals surface area contributed by atoms with Gasteiger partial charge in [-0.2, -0.15) is 0 Å². The van der Waals surface area contributed by atoms with Gasteiger partial charge in [0.2, 0.25) is 0 Å². The summed E-state index contributed by atoms with van der Waals surface area (Å²) in [5.41, 5.74) is 1.24. The van der Waals surface area contributed by atoms with Crippen molar-refractivity contribution in [2.24, 2.45) is 0 Å². The Hall–Kier alpha value is -1.72. The highest BCUT2D eigenvalue weighted by Crippen LogP contribution is 2.29. The third-order valence-electron chi connectivity index (χ3n) is 2.89. The first-order valence-electron chi connectivity index (χ1n) is 5.55. The molecule has 19 heavy (non-hydrogen) atoms. The molecule has 0 N–H and O–H groups in total. The molecule has 0 radical (unpaired) electrons. The predicted molar refractivity (Wildman–Crippen MR) is 79.1 cm³/mol. The molecule has 5 heteroatoms. The third kappa shape index (κ3) is 1.95. The summed E-state index contributed by atoms with van der Waals surface area (Å²) >= 11 is 4.80. The molecule has 3 aromatic rings. The molecule has 0 unspecified atom stereocenters. The molecule has 0 saturated heterocycles. The number of benzene rings is 1. The van der Waals surface area contributed by atoms with E-state index in [4.69, 9.17) is 0 Å². The third-order valence-corrected chi connectivity index (χ3v) is 4.40. The first kappa shape index (κ1) is 12.3. The highest BCUT2D eigenvalue weighted by atomic mass is 79.9. The number of hydrogen-bond donors (Lipinski definition) is 0. The molecule has 0 spiro atoms. The first-order chi connectivity index (χ1) is 9.22. The van der Waals surface area contributed by atoms with Crippen LogP contribution in [0, 0.1) is 0 Å². The minimum absolute atomic E-state index is 0.119. The Morgan fingerprint density at radius 2 is 2.11 bits per heavy atom. The smallest absolute Gasteiger partial charge is 0.272 e. The zero-order chi connectivity index (χ0) is 13.4. The van der Waals surface area contributed by atoms with E-state index in [1.165, 1.54) is 15.9 Å². The van der Waals surface area contributed by atoms with Gasteiger partial charge in [-0.1, -0.05) is 28.1 Å². The molecule has 2 heterocycles. The zero-order valence-electron chi connectivity index (χ0n) is 9.67. The monoisotopic (exact) mass is 333 g/mol. The van der Waals surface area contributed by atoms with E-state index < -0.39 is 0 Å². The topological polar surface area (TPSA) is 39.1 Å². The van der Waals surface area contributed by atoms with Gasteiger partial charge >= 0.3 is 0 Å². The van der Waals surface area contributed by atoms with Gasteiger partial charge in [-0.25, -0.2) is 0 Å². The Labute approximate surface area is 121 Å². The van der Waals surface area contributed by atoms with Crippen molar-refractivity contribution in [2.75, 3.05) is 0 Å². The van der Waals surface area contributed by atoms with Crippen LogP contribution < -0.4 is 0 Å². The lowest BCUT2D eigenvalue weighted by Crippen LogP contribution is -2.08. The summed E-state index contributed by atoms with van der Waals surface area (Å²) in [6.45, 7) is 0. The van der Waals surface area contributed by atoms with E-state index in [0.717, 1.165) is 21.7 Å². The van der Waals surface area contributed by atoms with Gasteiger partial charge in [0.05, 0.1) is 10.4 Å². The van der Waals surface area contributed by atoms with E-state index in [0.29, 0.717) is 10.4 Å². The number of halogens is 1. The molecule has 0 atom stereocenters. The predicted octanol–water partition coefficient (Wildman–Crippen LogP) is 3.97. The van der Waals surface area contributed by atoms with Crippen LogP contribution in [0.2, 0.25) is 0 Å². The Bertz CT molecular complexity index is 774. The summed E-state index contributed by atoms with van der Waals surface area (Å²) in [5.74, 6) is -0.119. The second-order valence-electron chi connectivity index (χ2n) is 3.99. The minimum atomic E-state index is -0.119. The molecule has 0 bridgehead atoms. The molecular weight excluding hydrogens is 326 g/mol. The van der Waals surface area contributed by atoms with Crippen molar-refractivity contribution < 1.29 is 9.59 Å². The normalized spacial score (nSPS) is 10.8. The highest BCUT2D eigenvalue weighted by Gasteiger charge is 2.17. The summed E-state index contributed by atoms with van der Waals surface area (Å²) in [5, 5.41) is 2.62. The van der Waals surface area contributed by atoms with Crippen LogP contribution in [0.3, 0.4) is 0 Å². The maximum atomic E-state index is 12.4. The molecule has 0 aliphatic rings. The van der Waals surface area contributed by atoms with Crippen molar-refractivity contribution >= 4 is 50.4 Å².